The first-order chi connectivity index (χ1) is 6.32. The van der Waals surface area contributed by atoms with Crippen LogP contribution in [0.15, 0.2) is 0 Å². The summed E-state index contributed by atoms with van der Waals surface area (Å²) < 4.78 is 24.5. The van der Waals surface area contributed by atoms with E-state index in [1.165, 1.54) is 0 Å². The van der Waals surface area contributed by atoms with Crippen molar-refractivity contribution in [2.45, 2.75) is 39.8 Å². The quantitative estimate of drug-likeness (QED) is 0.693. The normalized spacial score (nSPS) is 24.6. The van der Waals surface area contributed by atoms with E-state index in [2.05, 4.69) is 5.43 Å². The molecular formula is C9H16F2N2O. The van der Waals surface area contributed by atoms with Gasteiger partial charge in [0.05, 0.1) is 6.04 Å². The minimum Gasteiger partial charge on any atom is -0.297 e. The molecule has 1 atom stereocenters. The second-order valence-corrected chi connectivity index (χ2v) is 4.56. The lowest BCUT2D eigenvalue weighted by molar-refractivity contribution is -0.129. The van der Waals surface area contributed by atoms with Crippen molar-refractivity contribution >= 4 is 5.78 Å². The Morgan fingerprint density at radius 3 is 2.43 bits per heavy atom. The van der Waals surface area contributed by atoms with Crippen molar-refractivity contribution in [2.75, 3.05) is 6.54 Å². The van der Waals surface area contributed by atoms with E-state index >= 15 is 0 Å². The molecule has 1 rings (SSSR count). The maximum absolute atomic E-state index is 12.2. The predicted octanol–water partition coefficient (Wildman–Crippen LogP) is 1.40. The summed E-state index contributed by atoms with van der Waals surface area (Å²) in [5.74, 6) is -0.0133. The summed E-state index contributed by atoms with van der Waals surface area (Å²) in [4.78, 5) is 11.7. The second kappa shape index (κ2) is 3.90. The van der Waals surface area contributed by atoms with Gasteiger partial charge in [-0.1, -0.05) is 20.8 Å². The van der Waals surface area contributed by atoms with E-state index < -0.39 is 18.0 Å². The van der Waals surface area contributed by atoms with Crippen molar-refractivity contribution in [3.63, 3.8) is 0 Å². The highest BCUT2D eigenvalue weighted by Gasteiger charge is 2.36. The zero-order valence-electron chi connectivity index (χ0n) is 8.68. The fourth-order valence-electron chi connectivity index (χ4n) is 1.46. The minimum atomic E-state index is -2.53. The maximum atomic E-state index is 12.2. The Bertz CT molecular complexity index is 225. The van der Waals surface area contributed by atoms with Crippen LogP contribution in [0.5, 0.6) is 0 Å². The molecule has 5 heteroatoms. The number of hydrogen-bond donors (Lipinski definition) is 1. The summed E-state index contributed by atoms with van der Waals surface area (Å²) in [6.45, 7) is 3.07. The van der Waals surface area contributed by atoms with Gasteiger partial charge in [-0.15, -0.1) is 0 Å². The number of alkyl halides is 2. The maximum Gasteiger partial charge on any atom is 0.306 e. The standard InChI is InChI=1S/C9H16F2N2O/c1-9(2,3)7(14)6-4-5-13(12-6)8(10)11/h6,8,12H,4-5H2,1-3H3. The van der Waals surface area contributed by atoms with E-state index in [1.54, 1.807) is 20.8 Å². The van der Waals surface area contributed by atoms with Crippen LogP contribution >= 0.6 is 0 Å². The molecule has 0 spiro atoms. The lowest BCUT2D eigenvalue weighted by Gasteiger charge is -2.22. The summed E-state index contributed by atoms with van der Waals surface area (Å²) >= 11 is 0. The van der Waals surface area contributed by atoms with Crippen LogP contribution in [-0.4, -0.2) is 29.9 Å². The van der Waals surface area contributed by atoms with E-state index in [0.29, 0.717) is 6.42 Å². The highest BCUT2D eigenvalue weighted by molar-refractivity contribution is 5.88. The second-order valence-electron chi connectivity index (χ2n) is 4.56. The molecule has 1 unspecified atom stereocenters. The van der Waals surface area contributed by atoms with Gasteiger partial charge in [0, 0.05) is 12.0 Å². The third kappa shape index (κ3) is 2.48. The number of nitrogens with one attached hydrogen (secondary N) is 1. The first kappa shape index (κ1) is 11.5. The molecule has 3 nitrogen and oxygen atoms in total. The number of hydrazine groups is 1. The fourth-order valence-corrected chi connectivity index (χ4v) is 1.46. The van der Waals surface area contributed by atoms with E-state index in [4.69, 9.17) is 0 Å². The smallest absolute Gasteiger partial charge is 0.297 e. The van der Waals surface area contributed by atoms with Crippen LogP contribution in [0, 0.1) is 5.41 Å². The molecule has 1 heterocycles. The Hall–Kier alpha value is -0.550. The third-order valence-electron chi connectivity index (χ3n) is 2.27. The Labute approximate surface area is 82.4 Å². The lowest BCUT2D eigenvalue weighted by atomic mass is 9.86. The van der Waals surface area contributed by atoms with Crippen LogP contribution in [0.3, 0.4) is 0 Å². The number of halogens is 2. The molecule has 1 fully saturated rings. The molecule has 0 bridgehead atoms. The Morgan fingerprint density at radius 1 is 1.50 bits per heavy atom. The average molecular weight is 206 g/mol. The zero-order chi connectivity index (χ0) is 10.9. The van der Waals surface area contributed by atoms with Gasteiger partial charge in [-0.05, 0) is 6.42 Å². The summed E-state index contributed by atoms with van der Waals surface area (Å²) in [6, 6.07) is -0.455. The summed E-state index contributed by atoms with van der Waals surface area (Å²) in [6.07, 6.45) is 0.459. The van der Waals surface area contributed by atoms with Crippen LogP contribution in [0.1, 0.15) is 27.2 Å². The number of carbonyl (C=O) groups excluding carboxylic acids is 1. The van der Waals surface area contributed by atoms with Crippen LogP contribution in [0.4, 0.5) is 8.78 Å². The third-order valence-corrected chi connectivity index (χ3v) is 2.27. The molecule has 0 aromatic heterocycles. The van der Waals surface area contributed by atoms with Crippen molar-refractivity contribution in [3.05, 3.63) is 0 Å². The van der Waals surface area contributed by atoms with E-state index in [1.807, 2.05) is 0 Å². The summed E-state index contributed by atoms with van der Waals surface area (Å²) in [5.41, 5.74) is 2.05. The molecule has 82 valence electrons. The first-order valence-electron chi connectivity index (χ1n) is 4.67. The van der Waals surface area contributed by atoms with Gasteiger partial charge in [-0.2, -0.15) is 13.8 Å². The first-order valence-corrected chi connectivity index (χ1v) is 4.67. The topological polar surface area (TPSA) is 32.3 Å². The Balaban J connectivity index is 2.54. The highest BCUT2D eigenvalue weighted by Crippen LogP contribution is 2.21. The van der Waals surface area contributed by atoms with Gasteiger partial charge >= 0.3 is 6.55 Å². The van der Waals surface area contributed by atoms with Crippen LogP contribution in [0.25, 0.3) is 0 Å². The largest absolute Gasteiger partial charge is 0.306 e. The lowest BCUT2D eigenvalue weighted by Crippen LogP contribution is -2.45. The van der Waals surface area contributed by atoms with Gasteiger partial charge < -0.3 is 0 Å². The molecule has 0 saturated carbocycles. The molecule has 1 N–H and O–H groups in total. The molecular weight excluding hydrogens is 190 g/mol. The molecule has 0 amide bonds. The molecule has 1 aliphatic rings. The van der Waals surface area contributed by atoms with Gasteiger partial charge in [0.25, 0.3) is 0 Å². The molecule has 14 heavy (non-hydrogen) atoms. The fraction of sp³-hybridized carbons (Fsp3) is 0.889. The molecule has 0 radical (unpaired) electrons. The monoisotopic (exact) mass is 206 g/mol. The number of nitrogens with zero attached hydrogens (tertiary/aromatic N) is 1. The highest BCUT2D eigenvalue weighted by atomic mass is 19.3. The van der Waals surface area contributed by atoms with Crippen molar-refractivity contribution in [3.8, 4) is 0 Å². The van der Waals surface area contributed by atoms with Crippen molar-refractivity contribution in [1.82, 2.24) is 10.4 Å². The van der Waals surface area contributed by atoms with E-state index in [0.717, 1.165) is 5.01 Å². The Kier molecular flexibility index (Phi) is 3.21. The minimum absolute atomic E-state index is 0.0133. The molecule has 1 aliphatic heterocycles. The van der Waals surface area contributed by atoms with Crippen LogP contribution in [0.2, 0.25) is 0 Å². The van der Waals surface area contributed by atoms with E-state index in [-0.39, 0.29) is 12.3 Å². The van der Waals surface area contributed by atoms with Gasteiger partial charge in [-0.25, -0.2) is 5.43 Å². The van der Waals surface area contributed by atoms with E-state index in [9.17, 15) is 13.6 Å². The van der Waals surface area contributed by atoms with Gasteiger partial charge in [0.2, 0.25) is 0 Å². The number of rotatable bonds is 2. The van der Waals surface area contributed by atoms with Crippen LogP contribution < -0.4 is 5.43 Å². The molecule has 1 saturated heterocycles. The summed E-state index contributed by atoms with van der Waals surface area (Å²) in [5, 5.41) is 0.814. The Morgan fingerprint density at radius 2 is 2.07 bits per heavy atom. The molecule has 0 aliphatic carbocycles. The SMILES string of the molecule is CC(C)(C)C(=O)C1CCN(C(F)F)N1. The number of carbonyl (C=O) groups is 1. The molecule has 0 aromatic rings. The van der Waals surface area contributed by atoms with Gasteiger partial charge in [0.15, 0.2) is 5.78 Å². The number of ketones is 1. The zero-order valence-corrected chi connectivity index (χ0v) is 8.68. The summed E-state index contributed by atoms with van der Waals surface area (Å²) in [7, 11) is 0. The molecule has 0 aromatic carbocycles. The van der Waals surface area contributed by atoms with Crippen molar-refractivity contribution in [2.24, 2.45) is 5.41 Å². The average Bonchev–Trinajstić information content (AvgIpc) is 2.48. The number of hydrogen-bond acceptors (Lipinski definition) is 3. The van der Waals surface area contributed by atoms with Crippen molar-refractivity contribution < 1.29 is 13.6 Å². The number of Topliss-reactive ketones (excluding diaryl/α,β-unsaturated/α-hetero) is 1. The van der Waals surface area contributed by atoms with Crippen molar-refractivity contribution in [1.29, 1.82) is 0 Å². The van der Waals surface area contributed by atoms with Gasteiger partial charge in [0.1, 0.15) is 0 Å². The van der Waals surface area contributed by atoms with Crippen LogP contribution in [-0.2, 0) is 4.79 Å². The van der Waals surface area contributed by atoms with Gasteiger partial charge in [-0.3, -0.25) is 4.79 Å². The predicted molar refractivity (Wildman–Crippen MR) is 48.7 cm³/mol.